The molecular weight excluding hydrogens is 408 g/mol. The number of sulfonamides is 1. The van der Waals surface area contributed by atoms with Crippen LogP contribution in [0.5, 0.6) is 0 Å². The predicted octanol–water partition coefficient (Wildman–Crippen LogP) is 4.04. The van der Waals surface area contributed by atoms with Crippen LogP contribution in [0.4, 0.5) is 5.69 Å². The molecule has 0 saturated carbocycles. The van der Waals surface area contributed by atoms with Gasteiger partial charge < -0.3 is 5.73 Å². The van der Waals surface area contributed by atoms with Crippen LogP contribution in [0.3, 0.4) is 0 Å². The Kier molecular flexibility index (Phi) is 6.97. The molecule has 0 aliphatic heterocycles. The second-order valence-corrected chi connectivity index (χ2v) is 8.24. The number of unbranched alkanes of at least 4 members (excludes halogenated alkanes) is 2. The van der Waals surface area contributed by atoms with Crippen molar-refractivity contribution in [3.8, 4) is 0 Å². The number of benzene rings is 1. The SMILES string of the molecule is CCCCCC(C)NS(=O)(=O)c1c(N)cc(Br)cc1Br. The molecule has 20 heavy (non-hydrogen) atoms. The molecule has 3 N–H and O–H groups in total. The highest BCUT2D eigenvalue weighted by Crippen LogP contribution is 2.31. The van der Waals surface area contributed by atoms with E-state index in [4.69, 9.17) is 5.73 Å². The Morgan fingerprint density at radius 1 is 1.30 bits per heavy atom. The van der Waals surface area contributed by atoms with E-state index in [1.54, 1.807) is 12.1 Å². The molecule has 1 aromatic rings. The highest BCUT2D eigenvalue weighted by Gasteiger charge is 2.23. The Morgan fingerprint density at radius 3 is 2.50 bits per heavy atom. The van der Waals surface area contributed by atoms with Gasteiger partial charge in [-0.15, -0.1) is 0 Å². The third-order valence-corrected chi connectivity index (χ3v) is 5.95. The maximum atomic E-state index is 12.4. The first-order valence-electron chi connectivity index (χ1n) is 6.54. The first kappa shape index (κ1) is 17.9. The molecule has 1 atom stereocenters. The fourth-order valence-corrected chi connectivity index (χ4v) is 5.29. The topological polar surface area (TPSA) is 72.2 Å². The molecule has 7 heteroatoms. The van der Waals surface area contributed by atoms with E-state index in [-0.39, 0.29) is 16.6 Å². The van der Waals surface area contributed by atoms with Crippen molar-refractivity contribution in [3.63, 3.8) is 0 Å². The van der Waals surface area contributed by atoms with E-state index in [0.29, 0.717) is 4.47 Å². The Hall–Kier alpha value is -0.110. The van der Waals surface area contributed by atoms with Crippen molar-refractivity contribution in [1.82, 2.24) is 4.72 Å². The van der Waals surface area contributed by atoms with E-state index in [1.807, 2.05) is 6.92 Å². The summed E-state index contributed by atoms with van der Waals surface area (Å²) in [6.07, 6.45) is 4.05. The van der Waals surface area contributed by atoms with E-state index >= 15 is 0 Å². The lowest BCUT2D eigenvalue weighted by molar-refractivity contribution is 0.527. The van der Waals surface area contributed by atoms with Crippen LogP contribution in [0, 0.1) is 0 Å². The summed E-state index contributed by atoms with van der Waals surface area (Å²) >= 11 is 6.54. The van der Waals surface area contributed by atoms with Gasteiger partial charge in [-0.05, 0) is 41.4 Å². The van der Waals surface area contributed by atoms with Crippen molar-refractivity contribution < 1.29 is 8.42 Å². The maximum Gasteiger partial charge on any atom is 0.243 e. The van der Waals surface area contributed by atoms with Gasteiger partial charge in [0.25, 0.3) is 0 Å². The summed E-state index contributed by atoms with van der Waals surface area (Å²) in [6, 6.07) is 3.15. The summed E-state index contributed by atoms with van der Waals surface area (Å²) in [6.45, 7) is 3.99. The number of nitrogens with one attached hydrogen (secondary N) is 1. The smallest absolute Gasteiger partial charge is 0.243 e. The molecule has 0 amide bonds. The van der Waals surface area contributed by atoms with Crippen molar-refractivity contribution in [2.45, 2.75) is 50.5 Å². The van der Waals surface area contributed by atoms with Crippen molar-refractivity contribution in [1.29, 1.82) is 0 Å². The van der Waals surface area contributed by atoms with Crippen LogP contribution >= 0.6 is 31.9 Å². The monoisotopic (exact) mass is 426 g/mol. The van der Waals surface area contributed by atoms with Crippen molar-refractivity contribution in [3.05, 3.63) is 21.1 Å². The average molecular weight is 428 g/mol. The molecule has 0 aliphatic rings. The second-order valence-electron chi connectivity index (χ2n) is 4.82. The number of hydrogen-bond acceptors (Lipinski definition) is 3. The minimum atomic E-state index is -3.62. The number of halogens is 2. The lowest BCUT2D eigenvalue weighted by Gasteiger charge is -2.16. The van der Waals surface area contributed by atoms with E-state index < -0.39 is 10.0 Å². The average Bonchev–Trinajstić information content (AvgIpc) is 2.26. The van der Waals surface area contributed by atoms with Gasteiger partial charge in [0.15, 0.2) is 0 Å². The van der Waals surface area contributed by atoms with Gasteiger partial charge in [0.1, 0.15) is 4.90 Å². The van der Waals surface area contributed by atoms with Gasteiger partial charge in [0, 0.05) is 15.0 Å². The normalized spacial score (nSPS) is 13.4. The molecule has 1 rings (SSSR count). The Labute approximate surface area is 137 Å². The molecule has 0 fully saturated rings. The lowest BCUT2D eigenvalue weighted by atomic mass is 10.1. The van der Waals surface area contributed by atoms with Crippen molar-refractivity contribution in [2.75, 3.05) is 5.73 Å². The molecule has 4 nitrogen and oxygen atoms in total. The number of anilines is 1. The minimum Gasteiger partial charge on any atom is -0.398 e. The van der Waals surface area contributed by atoms with Gasteiger partial charge in [-0.2, -0.15) is 0 Å². The molecular formula is C13H20Br2N2O2S. The van der Waals surface area contributed by atoms with Gasteiger partial charge in [-0.1, -0.05) is 42.1 Å². The van der Waals surface area contributed by atoms with Crippen LogP contribution in [-0.2, 0) is 10.0 Å². The standard InChI is InChI=1S/C13H20Br2N2O2S/c1-3-4-5-6-9(2)17-20(18,19)13-11(15)7-10(14)8-12(13)16/h7-9,17H,3-6,16H2,1-2H3. The van der Waals surface area contributed by atoms with Gasteiger partial charge in [0.05, 0.1) is 5.69 Å². The molecule has 1 unspecified atom stereocenters. The molecule has 0 heterocycles. The molecule has 0 bridgehead atoms. The van der Waals surface area contributed by atoms with Gasteiger partial charge in [0.2, 0.25) is 10.0 Å². The summed E-state index contributed by atoms with van der Waals surface area (Å²) in [7, 11) is -3.62. The Bertz CT molecular complexity index is 538. The van der Waals surface area contributed by atoms with Gasteiger partial charge in [-0.25, -0.2) is 13.1 Å². The highest BCUT2D eigenvalue weighted by atomic mass is 79.9. The lowest BCUT2D eigenvalue weighted by Crippen LogP contribution is -2.33. The van der Waals surface area contributed by atoms with Gasteiger partial charge >= 0.3 is 0 Å². The van der Waals surface area contributed by atoms with Crippen LogP contribution < -0.4 is 10.5 Å². The van der Waals surface area contributed by atoms with Crippen molar-refractivity contribution >= 4 is 47.6 Å². The first-order chi connectivity index (χ1) is 9.27. The zero-order valence-corrected chi connectivity index (χ0v) is 15.6. The number of hydrogen-bond donors (Lipinski definition) is 2. The fourth-order valence-electron chi connectivity index (χ4n) is 1.95. The van der Waals surface area contributed by atoms with Gasteiger partial charge in [-0.3, -0.25) is 0 Å². The number of nitrogen functional groups attached to an aromatic ring is 1. The van der Waals surface area contributed by atoms with Crippen LogP contribution in [-0.4, -0.2) is 14.5 Å². The van der Waals surface area contributed by atoms with Crippen LogP contribution in [0.1, 0.15) is 39.5 Å². The minimum absolute atomic E-state index is 0.100. The molecule has 0 aliphatic carbocycles. The van der Waals surface area contributed by atoms with E-state index in [2.05, 4.69) is 43.5 Å². The molecule has 0 radical (unpaired) electrons. The summed E-state index contributed by atoms with van der Waals surface area (Å²) in [5.41, 5.74) is 6.05. The number of rotatable bonds is 7. The summed E-state index contributed by atoms with van der Waals surface area (Å²) in [5.74, 6) is 0. The van der Waals surface area contributed by atoms with Crippen LogP contribution in [0.15, 0.2) is 26.0 Å². The van der Waals surface area contributed by atoms with Crippen molar-refractivity contribution in [2.24, 2.45) is 0 Å². The summed E-state index contributed by atoms with van der Waals surface area (Å²) in [5, 5.41) is 0. The zero-order chi connectivity index (χ0) is 15.3. The second kappa shape index (κ2) is 7.77. The zero-order valence-electron chi connectivity index (χ0n) is 11.6. The Balaban J connectivity index is 2.89. The quantitative estimate of drug-likeness (QED) is 0.509. The largest absolute Gasteiger partial charge is 0.398 e. The fraction of sp³-hybridized carbons (Fsp3) is 0.538. The predicted molar refractivity (Wildman–Crippen MR) is 90.2 cm³/mol. The van der Waals surface area contributed by atoms with Crippen LogP contribution in [0.25, 0.3) is 0 Å². The highest BCUT2D eigenvalue weighted by molar-refractivity contribution is 9.11. The first-order valence-corrected chi connectivity index (χ1v) is 9.61. The van der Waals surface area contributed by atoms with E-state index in [0.717, 1.165) is 30.2 Å². The maximum absolute atomic E-state index is 12.4. The third kappa shape index (κ3) is 5.02. The van der Waals surface area contributed by atoms with E-state index in [1.165, 1.54) is 0 Å². The van der Waals surface area contributed by atoms with E-state index in [9.17, 15) is 8.42 Å². The third-order valence-electron chi connectivity index (χ3n) is 2.90. The molecule has 0 saturated heterocycles. The molecule has 114 valence electrons. The Morgan fingerprint density at radius 2 is 1.95 bits per heavy atom. The summed E-state index contributed by atoms with van der Waals surface area (Å²) < 4.78 is 28.7. The number of nitrogens with two attached hydrogens (primary N) is 1. The molecule has 0 spiro atoms. The summed E-state index contributed by atoms with van der Waals surface area (Å²) in [4.78, 5) is 0.100. The molecule has 1 aromatic carbocycles. The van der Waals surface area contributed by atoms with Crippen LogP contribution in [0.2, 0.25) is 0 Å². The molecule has 0 aromatic heterocycles.